The minimum Gasteiger partial charge on any atom is -0.384 e. The zero-order valence-corrected chi connectivity index (χ0v) is 11.0. The number of aromatic nitrogens is 1. The van der Waals surface area contributed by atoms with Gasteiger partial charge in [0, 0.05) is 11.8 Å². The zero-order chi connectivity index (χ0) is 14.8. The van der Waals surface area contributed by atoms with Crippen molar-refractivity contribution in [3.63, 3.8) is 0 Å². The molecule has 3 rings (SSSR count). The average molecular weight is 280 g/mol. The number of anilines is 3. The van der Waals surface area contributed by atoms with Gasteiger partial charge in [0.25, 0.3) is 0 Å². The molecule has 0 aliphatic heterocycles. The Bertz CT molecular complexity index is 833. The quantitative estimate of drug-likeness (QED) is 0.566. The van der Waals surface area contributed by atoms with Crippen molar-refractivity contribution in [2.24, 2.45) is 0 Å². The van der Waals surface area contributed by atoms with Crippen molar-refractivity contribution in [2.75, 3.05) is 11.1 Å². The van der Waals surface area contributed by atoms with Gasteiger partial charge in [-0.1, -0.05) is 30.3 Å². The zero-order valence-electron chi connectivity index (χ0n) is 11.0. The van der Waals surface area contributed by atoms with Crippen LogP contribution >= 0.6 is 0 Å². The topological polar surface area (TPSA) is 94.1 Å². The number of hydrogen-bond acceptors (Lipinski definition) is 5. The molecule has 0 aliphatic carbocycles. The minimum atomic E-state index is -0.490. The van der Waals surface area contributed by atoms with E-state index in [0.717, 1.165) is 16.5 Å². The van der Waals surface area contributed by atoms with Gasteiger partial charge in [0.1, 0.15) is 5.82 Å². The molecule has 0 radical (unpaired) electrons. The van der Waals surface area contributed by atoms with Crippen LogP contribution in [0.3, 0.4) is 0 Å². The predicted molar refractivity (Wildman–Crippen MR) is 82.5 cm³/mol. The van der Waals surface area contributed by atoms with Crippen molar-refractivity contribution < 1.29 is 4.92 Å². The molecule has 1 aromatic heterocycles. The van der Waals surface area contributed by atoms with Crippen LogP contribution in [-0.2, 0) is 0 Å². The molecular weight excluding hydrogens is 268 g/mol. The van der Waals surface area contributed by atoms with Gasteiger partial charge in [-0.15, -0.1) is 0 Å². The maximum Gasteiger partial charge on any atom is 0.311 e. The molecule has 21 heavy (non-hydrogen) atoms. The van der Waals surface area contributed by atoms with Crippen LogP contribution in [0, 0.1) is 10.1 Å². The van der Waals surface area contributed by atoms with E-state index < -0.39 is 4.92 Å². The van der Waals surface area contributed by atoms with E-state index in [-0.39, 0.29) is 17.3 Å². The van der Waals surface area contributed by atoms with Crippen molar-refractivity contribution in [1.82, 2.24) is 4.98 Å². The molecule has 0 amide bonds. The summed E-state index contributed by atoms with van der Waals surface area (Å²) in [5, 5.41) is 16.1. The van der Waals surface area contributed by atoms with Crippen LogP contribution in [0.4, 0.5) is 23.0 Å². The first-order valence-corrected chi connectivity index (χ1v) is 6.30. The molecule has 6 heteroatoms. The average Bonchev–Trinajstić information content (AvgIpc) is 2.47. The lowest BCUT2D eigenvalue weighted by molar-refractivity contribution is -0.384. The van der Waals surface area contributed by atoms with E-state index in [9.17, 15) is 10.1 Å². The molecule has 1 heterocycles. The molecule has 3 aromatic rings. The Labute approximate surface area is 120 Å². The molecule has 2 aromatic carbocycles. The Balaban J connectivity index is 2.02. The summed E-state index contributed by atoms with van der Waals surface area (Å²) in [6, 6.07) is 16.3. The normalized spacial score (nSPS) is 10.5. The number of hydrogen-bond donors (Lipinski definition) is 2. The summed E-state index contributed by atoms with van der Waals surface area (Å²) in [5.41, 5.74) is 6.20. The molecule has 0 atom stereocenters. The Morgan fingerprint density at radius 3 is 2.57 bits per heavy atom. The highest BCUT2D eigenvalue weighted by atomic mass is 16.6. The van der Waals surface area contributed by atoms with E-state index in [4.69, 9.17) is 5.73 Å². The number of benzene rings is 2. The maximum absolute atomic E-state index is 11.0. The molecule has 0 bridgehead atoms. The van der Waals surface area contributed by atoms with Gasteiger partial charge < -0.3 is 11.1 Å². The van der Waals surface area contributed by atoms with E-state index in [1.54, 1.807) is 0 Å². The van der Waals surface area contributed by atoms with Crippen molar-refractivity contribution in [1.29, 1.82) is 0 Å². The predicted octanol–water partition coefficient (Wildman–Crippen LogP) is 3.47. The molecule has 6 nitrogen and oxygen atoms in total. The highest BCUT2D eigenvalue weighted by molar-refractivity contribution is 5.86. The molecule has 0 spiro atoms. The third-order valence-corrected chi connectivity index (χ3v) is 3.10. The smallest absolute Gasteiger partial charge is 0.311 e. The number of nitrogens with one attached hydrogen (secondary N) is 1. The number of rotatable bonds is 3. The van der Waals surface area contributed by atoms with Gasteiger partial charge in [0.15, 0.2) is 0 Å². The van der Waals surface area contributed by atoms with Crippen LogP contribution < -0.4 is 11.1 Å². The van der Waals surface area contributed by atoms with Crippen LogP contribution in [0.15, 0.2) is 54.6 Å². The van der Waals surface area contributed by atoms with Gasteiger partial charge in [-0.2, -0.15) is 0 Å². The second-order valence-electron chi connectivity index (χ2n) is 4.55. The van der Waals surface area contributed by atoms with Crippen molar-refractivity contribution in [2.45, 2.75) is 0 Å². The lowest BCUT2D eigenvalue weighted by Gasteiger charge is -2.08. The molecule has 0 aliphatic rings. The number of pyridine rings is 1. The Morgan fingerprint density at radius 2 is 1.81 bits per heavy atom. The summed E-state index contributed by atoms with van der Waals surface area (Å²) in [7, 11) is 0. The maximum atomic E-state index is 11.0. The molecular formula is C15H12N4O2. The van der Waals surface area contributed by atoms with Crippen LogP contribution in [0.25, 0.3) is 10.8 Å². The fourth-order valence-electron chi connectivity index (χ4n) is 2.11. The monoisotopic (exact) mass is 280 g/mol. The molecule has 0 unspecified atom stereocenters. The summed E-state index contributed by atoms with van der Waals surface area (Å²) in [6.07, 6.45) is 0. The van der Waals surface area contributed by atoms with Gasteiger partial charge in [0.2, 0.25) is 5.82 Å². The molecule has 104 valence electrons. The molecule has 0 saturated carbocycles. The van der Waals surface area contributed by atoms with E-state index in [2.05, 4.69) is 10.3 Å². The summed E-state index contributed by atoms with van der Waals surface area (Å²) in [6.45, 7) is 0. The van der Waals surface area contributed by atoms with E-state index in [1.807, 2.05) is 42.5 Å². The summed E-state index contributed by atoms with van der Waals surface area (Å²) >= 11 is 0. The standard InChI is InChI=1S/C15H12N4O2/c16-14-8-7-13(19(20)21)15(18-14)17-12-6-5-10-3-1-2-4-11(10)9-12/h1-9H,(H3,16,17,18). The summed E-state index contributed by atoms with van der Waals surface area (Å²) in [4.78, 5) is 14.5. The van der Waals surface area contributed by atoms with Crippen LogP contribution in [0.5, 0.6) is 0 Å². The third kappa shape index (κ3) is 2.59. The lowest BCUT2D eigenvalue weighted by atomic mass is 10.1. The highest BCUT2D eigenvalue weighted by Crippen LogP contribution is 2.28. The van der Waals surface area contributed by atoms with Gasteiger partial charge in [0.05, 0.1) is 4.92 Å². The van der Waals surface area contributed by atoms with Gasteiger partial charge >= 0.3 is 5.69 Å². The second kappa shape index (κ2) is 5.09. The first kappa shape index (κ1) is 12.9. The fraction of sp³-hybridized carbons (Fsp3) is 0. The Hall–Kier alpha value is -3.15. The van der Waals surface area contributed by atoms with Crippen molar-refractivity contribution in [3.8, 4) is 0 Å². The fourth-order valence-corrected chi connectivity index (χ4v) is 2.11. The van der Waals surface area contributed by atoms with Crippen molar-refractivity contribution >= 4 is 33.8 Å². The van der Waals surface area contributed by atoms with Crippen LogP contribution in [-0.4, -0.2) is 9.91 Å². The Kier molecular flexibility index (Phi) is 3.12. The molecule has 0 fully saturated rings. The summed E-state index contributed by atoms with van der Waals surface area (Å²) < 4.78 is 0. The van der Waals surface area contributed by atoms with E-state index >= 15 is 0 Å². The van der Waals surface area contributed by atoms with E-state index in [1.165, 1.54) is 12.1 Å². The highest BCUT2D eigenvalue weighted by Gasteiger charge is 2.15. The van der Waals surface area contributed by atoms with E-state index in [0.29, 0.717) is 0 Å². The molecule has 3 N–H and O–H groups in total. The van der Waals surface area contributed by atoms with Crippen molar-refractivity contribution in [3.05, 3.63) is 64.7 Å². The minimum absolute atomic E-state index is 0.114. The largest absolute Gasteiger partial charge is 0.384 e. The van der Waals surface area contributed by atoms with Gasteiger partial charge in [-0.25, -0.2) is 4.98 Å². The Morgan fingerprint density at radius 1 is 1.05 bits per heavy atom. The van der Waals surface area contributed by atoms with Crippen LogP contribution in [0.2, 0.25) is 0 Å². The lowest BCUT2D eigenvalue weighted by Crippen LogP contribution is -2.02. The molecule has 0 saturated heterocycles. The number of fused-ring (bicyclic) bond motifs is 1. The second-order valence-corrected chi connectivity index (χ2v) is 4.55. The number of nitrogens with zero attached hydrogens (tertiary/aromatic N) is 2. The summed E-state index contributed by atoms with van der Waals surface area (Å²) in [5.74, 6) is 0.360. The van der Waals surface area contributed by atoms with Crippen LogP contribution in [0.1, 0.15) is 0 Å². The number of nitrogen functional groups attached to an aromatic ring is 1. The van der Waals surface area contributed by atoms with Gasteiger partial charge in [-0.3, -0.25) is 10.1 Å². The SMILES string of the molecule is Nc1ccc([N+](=O)[O-])c(Nc2ccc3ccccc3c2)n1. The third-order valence-electron chi connectivity index (χ3n) is 3.10. The first-order valence-electron chi connectivity index (χ1n) is 6.30. The number of nitro groups is 1. The first-order chi connectivity index (χ1) is 10.1. The number of nitrogens with two attached hydrogens (primary N) is 1. The van der Waals surface area contributed by atoms with Gasteiger partial charge in [-0.05, 0) is 29.0 Å².